The Labute approximate surface area is 131 Å². The monoisotopic (exact) mass is 320 g/mol. The lowest BCUT2D eigenvalue weighted by molar-refractivity contribution is 0.311. The smallest absolute Gasteiger partial charge is 0.208 e. The fourth-order valence-electron chi connectivity index (χ4n) is 2.00. The zero-order valence-corrected chi connectivity index (χ0v) is 13.3. The average molecular weight is 320 g/mol. The van der Waals surface area contributed by atoms with E-state index in [1.165, 1.54) is 0 Å². The van der Waals surface area contributed by atoms with Crippen molar-refractivity contribution in [2.45, 2.75) is 6.42 Å². The first kappa shape index (κ1) is 16.3. The minimum absolute atomic E-state index is 0.369. The number of nitrogens with one attached hydrogen (secondary N) is 1. The molecule has 0 radical (unpaired) electrons. The summed E-state index contributed by atoms with van der Waals surface area (Å²) in [7, 11) is -3.13. The predicted molar refractivity (Wildman–Crippen MR) is 89.2 cm³/mol. The van der Waals surface area contributed by atoms with Crippen molar-refractivity contribution in [2.24, 2.45) is 0 Å². The van der Waals surface area contributed by atoms with Crippen molar-refractivity contribution >= 4 is 15.7 Å². The maximum Gasteiger partial charge on any atom is 0.208 e. The summed E-state index contributed by atoms with van der Waals surface area (Å²) >= 11 is 0. The molecule has 2 aromatic carbocycles. The average Bonchev–Trinajstić information content (AvgIpc) is 2.46. The molecule has 0 aliphatic carbocycles. The third-order valence-corrected chi connectivity index (χ3v) is 3.74. The fourth-order valence-corrected chi connectivity index (χ4v) is 2.52. The molecule has 0 bridgehead atoms. The van der Waals surface area contributed by atoms with Gasteiger partial charge in [0.2, 0.25) is 10.0 Å². The van der Waals surface area contributed by atoms with Gasteiger partial charge in [0.15, 0.2) is 0 Å². The van der Waals surface area contributed by atoms with Crippen molar-refractivity contribution in [3.8, 4) is 16.9 Å². The van der Waals surface area contributed by atoms with Crippen LogP contribution in [0.15, 0.2) is 48.5 Å². The Morgan fingerprint density at radius 1 is 1.09 bits per heavy atom. The second-order valence-electron chi connectivity index (χ2n) is 5.02. The number of benzene rings is 2. The molecule has 3 N–H and O–H groups in total. The number of ether oxygens (including phenoxy) is 1. The molecule has 6 heteroatoms. The van der Waals surface area contributed by atoms with Crippen LogP contribution in [0.2, 0.25) is 0 Å². The molecule has 2 rings (SSSR count). The minimum Gasteiger partial charge on any atom is -0.494 e. The lowest BCUT2D eigenvalue weighted by Crippen LogP contribution is -2.24. The van der Waals surface area contributed by atoms with Crippen molar-refractivity contribution in [1.29, 1.82) is 0 Å². The van der Waals surface area contributed by atoms with Crippen molar-refractivity contribution < 1.29 is 13.2 Å². The van der Waals surface area contributed by atoms with Gasteiger partial charge in [-0.2, -0.15) is 0 Å². The highest BCUT2D eigenvalue weighted by Crippen LogP contribution is 2.25. The van der Waals surface area contributed by atoms with Crippen molar-refractivity contribution in [3.63, 3.8) is 0 Å². The Balaban J connectivity index is 1.92. The summed E-state index contributed by atoms with van der Waals surface area (Å²) in [6.07, 6.45) is 1.75. The van der Waals surface area contributed by atoms with E-state index < -0.39 is 10.0 Å². The van der Waals surface area contributed by atoms with Crippen LogP contribution in [0.4, 0.5) is 5.69 Å². The second-order valence-corrected chi connectivity index (χ2v) is 6.85. The van der Waals surface area contributed by atoms with Gasteiger partial charge in [0, 0.05) is 12.2 Å². The number of hydrogen-bond donors (Lipinski definition) is 2. The van der Waals surface area contributed by atoms with Crippen LogP contribution in [0.1, 0.15) is 6.42 Å². The molecule has 2 aromatic rings. The SMILES string of the molecule is CS(=O)(=O)NCCCOc1cccc(-c2cccc(N)c2)c1. The Bertz CT molecular complexity index is 730. The second kappa shape index (κ2) is 7.29. The summed E-state index contributed by atoms with van der Waals surface area (Å²) in [5, 5.41) is 0. The first-order valence-corrected chi connectivity index (χ1v) is 8.86. The highest BCUT2D eigenvalue weighted by atomic mass is 32.2. The van der Waals surface area contributed by atoms with Crippen LogP contribution in [0.5, 0.6) is 5.75 Å². The molecule has 0 heterocycles. The Morgan fingerprint density at radius 2 is 1.77 bits per heavy atom. The summed E-state index contributed by atoms with van der Waals surface area (Å²) < 4.78 is 29.9. The highest BCUT2D eigenvalue weighted by molar-refractivity contribution is 7.88. The topological polar surface area (TPSA) is 81.4 Å². The maximum absolute atomic E-state index is 10.9. The quantitative estimate of drug-likeness (QED) is 0.605. The summed E-state index contributed by atoms with van der Waals surface area (Å²) in [6.45, 7) is 0.816. The lowest BCUT2D eigenvalue weighted by Gasteiger charge is -2.09. The molecule has 5 nitrogen and oxygen atoms in total. The molecule has 0 atom stereocenters. The molecule has 0 spiro atoms. The number of sulfonamides is 1. The van der Waals surface area contributed by atoms with E-state index in [-0.39, 0.29) is 0 Å². The van der Waals surface area contributed by atoms with E-state index in [2.05, 4.69) is 4.72 Å². The maximum atomic E-state index is 10.9. The summed E-state index contributed by atoms with van der Waals surface area (Å²) in [5.74, 6) is 0.749. The number of rotatable bonds is 7. The largest absolute Gasteiger partial charge is 0.494 e. The van der Waals surface area contributed by atoms with Gasteiger partial charge in [0.05, 0.1) is 12.9 Å². The molecule has 0 saturated heterocycles. The van der Waals surface area contributed by atoms with Crippen molar-refractivity contribution in [3.05, 3.63) is 48.5 Å². The molecule has 0 unspecified atom stereocenters. The van der Waals surface area contributed by atoms with Gasteiger partial charge in [0.25, 0.3) is 0 Å². The van der Waals surface area contributed by atoms with Gasteiger partial charge < -0.3 is 10.5 Å². The molecule has 0 aliphatic rings. The van der Waals surface area contributed by atoms with E-state index in [1.54, 1.807) is 0 Å². The van der Waals surface area contributed by atoms with Crippen LogP contribution >= 0.6 is 0 Å². The summed E-state index contributed by atoms with van der Waals surface area (Å²) in [6, 6.07) is 15.4. The molecule has 0 aromatic heterocycles. The first-order valence-electron chi connectivity index (χ1n) is 6.97. The van der Waals surface area contributed by atoms with Crippen LogP contribution in [0.3, 0.4) is 0 Å². The van der Waals surface area contributed by atoms with Crippen LogP contribution in [-0.4, -0.2) is 27.8 Å². The number of hydrogen-bond acceptors (Lipinski definition) is 4. The molecule has 0 saturated carbocycles. The number of anilines is 1. The third kappa shape index (κ3) is 5.38. The van der Waals surface area contributed by atoms with Gasteiger partial charge in [-0.3, -0.25) is 0 Å². The fraction of sp³-hybridized carbons (Fsp3) is 0.250. The van der Waals surface area contributed by atoms with Crippen molar-refractivity contribution in [1.82, 2.24) is 4.72 Å². The standard InChI is InChI=1S/C16H20N2O3S/c1-22(19,20)18-9-4-10-21-16-8-3-6-14(12-16)13-5-2-7-15(17)11-13/h2-3,5-8,11-12,18H,4,9-10,17H2,1H3. The molecule has 0 fully saturated rings. The molecular formula is C16H20N2O3S. The summed E-state index contributed by atoms with van der Waals surface area (Å²) in [4.78, 5) is 0. The summed E-state index contributed by atoms with van der Waals surface area (Å²) in [5.41, 5.74) is 8.57. The molecule has 118 valence electrons. The highest BCUT2D eigenvalue weighted by Gasteiger charge is 2.02. The van der Waals surface area contributed by atoms with E-state index in [0.29, 0.717) is 19.6 Å². The van der Waals surface area contributed by atoms with Crippen molar-refractivity contribution in [2.75, 3.05) is 25.1 Å². The van der Waals surface area contributed by atoms with E-state index in [1.807, 2.05) is 48.5 Å². The van der Waals surface area contributed by atoms with Gasteiger partial charge in [0.1, 0.15) is 5.75 Å². The zero-order chi connectivity index (χ0) is 16.0. The van der Waals surface area contributed by atoms with Gasteiger partial charge in [-0.25, -0.2) is 13.1 Å². The van der Waals surface area contributed by atoms with Crippen LogP contribution in [0, 0.1) is 0 Å². The third-order valence-electron chi connectivity index (χ3n) is 3.01. The molecular weight excluding hydrogens is 300 g/mol. The first-order chi connectivity index (χ1) is 10.4. The van der Waals surface area contributed by atoms with E-state index in [4.69, 9.17) is 10.5 Å². The normalized spacial score (nSPS) is 11.3. The number of nitrogen functional groups attached to an aromatic ring is 1. The van der Waals surface area contributed by atoms with Gasteiger partial charge in [-0.1, -0.05) is 24.3 Å². The Kier molecular flexibility index (Phi) is 5.41. The lowest BCUT2D eigenvalue weighted by atomic mass is 10.1. The minimum atomic E-state index is -3.13. The Morgan fingerprint density at radius 3 is 2.45 bits per heavy atom. The molecule has 0 aliphatic heterocycles. The van der Waals surface area contributed by atoms with E-state index in [9.17, 15) is 8.42 Å². The molecule has 0 amide bonds. The van der Waals surface area contributed by atoms with Crippen LogP contribution < -0.4 is 15.2 Å². The van der Waals surface area contributed by atoms with Crippen LogP contribution in [-0.2, 0) is 10.0 Å². The van der Waals surface area contributed by atoms with E-state index in [0.717, 1.165) is 28.8 Å². The molecule has 22 heavy (non-hydrogen) atoms. The predicted octanol–water partition coefficient (Wildman–Crippen LogP) is 2.25. The van der Waals surface area contributed by atoms with Crippen LogP contribution in [0.25, 0.3) is 11.1 Å². The zero-order valence-electron chi connectivity index (χ0n) is 12.5. The van der Waals surface area contributed by atoms with E-state index >= 15 is 0 Å². The van der Waals surface area contributed by atoms with Gasteiger partial charge in [-0.15, -0.1) is 0 Å². The Hall–Kier alpha value is -2.05. The van der Waals surface area contributed by atoms with Gasteiger partial charge in [-0.05, 0) is 41.8 Å². The van der Waals surface area contributed by atoms with Gasteiger partial charge >= 0.3 is 0 Å². The number of nitrogens with two attached hydrogens (primary N) is 1.